The third-order valence-corrected chi connectivity index (χ3v) is 2.13. The molecule has 2 aromatic carbocycles. The van der Waals surface area contributed by atoms with Gasteiger partial charge in [-0.2, -0.15) is 30.3 Å². The van der Waals surface area contributed by atoms with Gasteiger partial charge in [-0.3, -0.25) is 0 Å². The molecule has 0 N–H and O–H groups in total. The Morgan fingerprint density at radius 3 is 2.32 bits per heavy atom. The first-order chi connectivity index (χ1) is 9.16. The van der Waals surface area contributed by atoms with E-state index in [1.54, 1.807) is 24.3 Å². The van der Waals surface area contributed by atoms with Crippen molar-refractivity contribution in [1.82, 2.24) is 0 Å². The number of rotatable bonds is 3. The number of benzene rings is 2. The maximum atomic E-state index is 12.9. The average molecular weight is 382 g/mol. The fourth-order valence-electron chi connectivity index (χ4n) is 1.30. The van der Waals surface area contributed by atoms with E-state index in [4.69, 9.17) is 4.74 Å². The Hall–Kier alpha value is -0.867. The third-order valence-electron chi connectivity index (χ3n) is 2.13. The molecule has 0 spiro atoms. The molecule has 0 saturated heterocycles. The van der Waals surface area contributed by atoms with Crippen molar-refractivity contribution in [2.45, 2.75) is 6.61 Å². The molecule has 2 aromatic rings. The van der Waals surface area contributed by atoms with Gasteiger partial charge in [0.25, 0.3) is 0 Å². The summed E-state index contributed by atoms with van der Waals surface area (Å²) in [5.41, 5.74) is 0.803. The standard InChI is InChI=1S/C13H8F3O.BrH.Zn/c14-11-6-10(7-12(15)13(11)16)17-8-9-4-2-1-3-5-9;;/h1-2,4-7H,8H2;1H;/q-1;;+2/p-1. The molecule has 96 valence electrons. The summed E-state index contributed by atoms with van der Waals surface area (Å²) < 4.78 is 43.5. The monoisotopic (exact) mass is 380 g/mol. The quantitative estimate of drug-likeness (QED) is 0.436. The predicted molar refractivity (Wildman–Crippen MR) is 64.9 cm³/mol. The molecule has 1 nitrogen and oxygen atoms in total. The zero-order valence-corrected chi connectivity index (χ0v) is 14.4. The number of halogens is 4. The summed E-state index contributed by atoms with van der Waals surface area (Å²) in [6.07, 6.45) is 0. The maximum absolute atomic E-state index is 12.9. The van der Waals surface area contributed by atoms with Gasteiger partial charge in [0.2, 0.25) is 0 Å². The van der Waals surface area contributed by atoms with E-state index in [-0.39, 0.29) is 12.4 Å². The molecule has 2 rings (SSSR count). The van der Waals surface area contributed by atoms with Crippen LogP contribution in [-0.2, 0) is 22.9 Å². The molecule has 0 atom stereocenters. The molecule has 6 heteroatoms. The Morgan fingerprint density at radius 2 is 1.79 bits per heavy atom. The normalized spacial score (nSPS) is 9.58. The molecular formula is C13H8BrF3OZn. The zero-order chi connectivity index (χ0) is 14.3. The Labute approximate surface area is 125 Å². The first-order valence-corrected chi connectivity index (χ1v) is 12.1. The molecule has 0 saturated carbocycles. The van der Waals surface area contributed by atoms with Gasteiger partial charge in [0.05, 0.1) is 6.61 Å². The van der Waals surface area contributed by atoms with Crippen LogP contribution < -0.4 is 4.74 Å². The van der Waals surface area contributed by atoms with Gasteiger partial charge >= 0.3 is 30.0 Å². The second kappa shape index (κ2) is 8.33. The Kier molecular flexibility index (Phi) is 7.10. The first-order valence-electron chi connectivity index (χ1n) is 5.16. The van der Waals surface area contributed by atoms with Gasteiger partial charge in [0.1, 0.15) is 5.75 Å². The molecule has 0 aromatic heterocycles. The topological polar surface area (TPSA) is 9.23 Å². The van der Waals surface area contributed by atoms with Crippen LogP contribution in [0, 0.1) is 23.5 Å². The first kappa shape index (κ1) is 16.2. The van der Waals surface area contributed by atoms with Gasteiger partial charge in [-0.15, -0.1) is 5.56 Å². The van der Waals surface area contributed by atoms with Gasteiger partial charge in [0, 0.05) is 12.1 Å². The van der Waals surface area contributed by atoms with Gasteiger partial charge in [-0.25, -0.2) is 13.2 Å². The van der Waals surface area contributed by atoms with Gasteiger partial charge in [-0.05, 0) is 0 Å². The molecule has 0 radical (unpaired) electrons. The van der Waals surface area contributed by atoms with Crippen LogP contribution in [0.15, 0.2) is 36.4 Å². The Morgan fingerprint density at radius 1 is 1.16 bits per heavy atom. The van der Waals surface area contributed by atoms with Crippen molar-refractivity contribution < 1.29 is 34.3 Å². The minimum absolute atomic E-state index is 0.0507. The summed E-state index contributed by atoms with van der Waals surface area (Å²) in [6.45, 7) is 0.141. The molecule has 0 unspecified atom stereocenters. The molecule has 0 aliphatic heterocycles. The van der Waals surface area contributed by atoms with E-state index in [9.17, 15) is 13.2 Å². The summed E-state index contributed by atoms with van der Waals surface area (Å²) in [5, 5.41) is 0. The summed E-state index contributed by atoms with van der Waals surface area (Å²) in [6, 6.07) is 11.4. The van der Waals surface area contributed by atoms with Crippen LogP contribution in [0.25, 0.3) is 0 Å². The van der Waals surface area contributed by atoms with Crippen molar-refractivity contribution in [2.75, 3.05) is 0 Å². The second-order valence-corrected chi connectivity index (χ2v) is 3.40. The van der Waals surface area contributed by atoms with Crippen molar-refractivity contribution in [2.24, 2.45) is 0 Å². The summed E-state index contributed by atoms with van der Waals surface area (Å²) >= 11 is 4.25. The van der Waals surface area contributed by atoms with E-state index in [0.717, 1.165) is 17.7 Å². The third kappa shape index (κ3) is 4.96. The van der Waals surface area contributed by atoms with Crippen LogP contribution in [0.3, 0.4) is 0 Å². The van der Waals surface area contributed by atoms with Gasteiger partial charge in [0.15, 0.2) is 17.5 Å². The van der Waals surface area contributed by atoms with E-state index >= 15 is 0 Å². The SMILES string of the molecule is Fc1cc(OCc2c[c-]ccc2)cc(F)c1F.[Zn+][Br]. The Bertz CT molecular complexity index is 500. The van der Waals surface area contributed by atoms with E-state index in [1.807, 2.05) is 0 Å². The summed E-state index contributed by atoms with van der Waals surface area (Å²) in [7, 11) is 0. The van der Waals surface area contributed by atoms with Crippen molar-refractivity contribution in [1.29, 1.82) is 0 Å². The van der Waals surface area contributed by atoms with Crippen molar-refractivity contribution in [3.05, 3.63) is 65.5 Å². The molecule has 0 heterocycles. The van der Waals surface area contributed by atoms with Crippen LogP contribution in [0.2, 0.25) is 0 Å². The molecule has 0 amide bonds. The molecule has 0 aliphatic rings. The fourth-order valence-corrected chi connectivity index (χ4v) is 1.30. The second-order valence-electron chi connectivity index (χ2n) is 3.40. The number of hydrogen-bond acceptors (Lipinski definition) is 1. The summed E-state index contributed by atoms with van der Waals surface area (Å²) in [5.74, 6) is -4.07. The fraction of sp³-hybridized carbons (Fsp3) is 0.0769. The van der Waals surface area contributed by atoms with E-state index in [2.05, 4.69) is 19.7 Å². The Balaban J connectivity index is 0.000000861. The average Bonchev–Trinajstić information content (AvgIpc) is 2.45. The number of ether oxygens (including phenoxy) is 1. The molecule has 0 bridgehead atoms. The van der Waals surface area contributed by atoms with Crippen molar-refractivity contribution in [3.63, 3.8) is 0 Å². The summed E-state index contributed by atoms with van der Waals surface area (Å²) in [4.78, 5) is 0. The predicted octanol–water partition coefficient (Wildman–Crippen LogP) is 4.33. The minimum atomic E-state index is -1.50. The van der Waals surface area contributed by atoms with E-state index in [0.29, 0.717) is 0 Å². The van der Waals surface area contributed by atoms with Gasteiger partial charge < -0.3 is 4.74 Å². The molecular weight excluding hydrogens is 374 g/mol. The van der Waals surface area contributed by atoms with Crippen LogP contribution in [-0.4, -0.2) is 0 Å². The van der Waals surface area contributed by atoms with Crippen LogP contribution in [0.5, 0.6) is 5.75 Å². The van der Waals surface area contributed by atoms with Crippen LogP contribution in [0.1, 0.15) is 5.56 Å². The van der Waals surface area contributed by atoms with Crippen molar-refractivity contribution >= 4 is 13.6 Å². The van der Waals surface area contributed by atoms with E-state index in [1.165, 1.54) is 16.3 Å². The van der Waals surface area contributed by atoms with Crippen LogP contribution in [0.4, 0.5) is 13.2 Å². The van der Waals surface area contributed by atoms with Crippen molar-refractivity contribution in [3.8, 4) is 5.75 Å². The molecule has 0 fully saturated rings. The zero-order valence-electron chi connectivity index (χ0n) is 9.80. The van der Waals surface area contributed by atoms with Crippen LogP contribution >= 0.6 is 13.6 Å². The molecule has 0 aliphatic carbocycles. The van der Waals surface area contributed by atoms with Gasteiger partial charge in [-0.1, -0.05) is 0 Å². The number of hydrogen-bond donors (Lipinski definition) is 0. The molecule has 19 heavy (non-hydrogen) atoms. The van der Waals surface area contributed by atoms with E-state index < -0.39 is 17.5 Å².